The SMILES string of the molecule is N#Cc1cc(CCl)cc(N)n1. The molecule has 0 unspecified atom stereocenters. The van der Waals surface area contributed by atoms with Crippen LogP contribution in [0.5, 0.6) is 0 Å². The molecule has 1 heterocycles. The highest BCUT2D eigenvalue weighted by atomic mass is 35.5. The number of alkyl halides is 1. The highest BCUT2D eigenvalue weighted by Gasteiger charge is 1.97. The monoisotopic (exact) mass is 167 g/mol. The molecule has 0 spiro atoms. The predicted octanol–water partition coefficient (Wildman–Crippen LogP) is 1.27. The zero-order valence-corrected chi connectivity index (χ0v) is 6.47. The number of hydrogen-bond acceptors (Lipinski definition) is 3. The van der Waals surface area contributed by atoms with Crippen LogP contribution in [0.4, 0.5) is 5.82 Å². The molecule has 0 atom stereocenters. The van der Waals surface area contributed by atoms with Gasteiger partial charge in [-0.3, -0.25) is 0 Å². The van der Waals surface area contributed by atoms with E-state index in [0.717, 1.165) is 5.56 Å². The molecule has 0 aliphatic heterocycles. The summed E-state index contributed by atoms with van der Waals surface area (Å²) in [6, 6.07) is 5.15. The lowest BCUT2D eigenvalue weighted by molar-refractivity contribution is 1.23. The fourth-order valence-electron chi connectivity index (χ4n) is 0.745. The number of anilines is 1. The van der Waals surface area contributed by atoms with Crippen LogP contribution in [0.3, 0.4) is 0 Å². The van der Waals surface area contributed by atoms with Crippen molar-refractivity contribution in [2.45, 2.75) is 5.88 Å². The van der Waals surface area contributed by atoms with Crippen LogP contribution in [0.25, 0.3) is 0 Å². The van der Waals surface area contributed by atoms with Crippen LogP contribution >= 0.6 is 11.6 Å². The molecule has 1 aromatic heterocycles. The molecule has 1 aromatic rings. The van der Waals surface area contributed by atoms with Crippen LogP contribution in [0.1, 0.15) is 11.3 Å². The van der Waals surface area contributed by atoms with Crippen LogP contribution < -0.4 is 5.73 Å². The Labute approximate surface area is 69.4 Å². The van der Waals surface area contributed by atoms with Gasteiger partial charge in [0.25, 0.3) is 0 Å². The Hall–Kier alpha value is -1.27. The minimum absolute atomic E-state index is 0.306. The molecular weight excluding hydrogens is 162 g/mol. The van der Waals surface area contributed by atoms with Gasteiger partial charge in [0.05, 0.1) is 0 Å². The van der Waals surface area contributed by atoms with Crippen molar-refractivity contribution < 1.29 is 0 Å². The van der Waals surface area contributed by atoms with E-state index in [2.05, 4.69) is 4.98 Å². The van der Waals surface area contributed by atoms with Gasteiger partial charge in [0.1, 0.15) is 17.6 Å². The molecular formula is C7H6ClN3. The molecule has 0 aliphatic carbocycles. The van der Waals surface area contributed by atoms with E-state index in [1.165, 1.54) is 0 Å². The number of nitrogen functional groups attached to an aromatic ring is 1. The average Bonchev–Trinajstić information content (AvgIpc) is 2.03. The third kappa shape index (κ3) is 1.82. The molecule has 0 saturated heterocycles. The van der Waals surface area contributed by atoms with Crippen LogP contribution in [0.2, 0.25) is 0 Å². The van der Waals surface area contributed by atoms with Crippen LogP contribution in [0, 0.1) is 11.3 Å². The third-order valence-electron chi connectivity index (χ3n) is 1.17. The molecule has 56 valence electrons. The van der Waals surface area contributed by atoms with E-state index in [9.17, 15) is 0 Å². The molecule has 1 rings (SSSR count). The van der Waals surface area contributed by atoms with Crippen LogP contribution in [-0.2, 0) is 5.88 Å². The Balaban J connectivity index is 3.15. The van der Waals surface area contributed by atoms with E-state index in [1.54, 1.807) is 12.1 Å². The maximum absolute atomic E-state index is 8.47. The lowest BCUT2D eigenvalue weighted by Gasteiger charge is -1.96. The second-order valence-electron chi connectivity index (χ2n) is 2.03. The van der Waals surface area contributed by atoms with E-state index in [0.29, 0.717) is 17.4 Å². The van der Waals surface area contributed by atoms with Gasteiger partial charge in [-0.15, -0.1) is 11.6 Å². The second-order valence-corrected chi connectivity index (χ2v) is 2.30. The number of nitrogens with two attached hydrogens (primary N) is 1. The van der Waals surface area contributed by atoms with E-state index in [1.807, 2.05) is 6.07 Å². The minimum Gasteiger partial charge on any atom is -0.384 e. The molecule has 0 aromatic carbocycles. The number of rotatable bonds is 1. The Morgan fingerprint density at radius 1 is 1.64 bits per heavy atom. The van der Waals surface area contributed by atoms with Crippen LogP contribution in [0.15, 0.2) is 12.1 Å². The number of nitrogens with zero attached hydrogens (tertiary/aromatic N) is 2. The summed E-state index contributed by atoms with van der Waals surface area (Å²) in [4.78, 5) is 3.76. The van der Waals surface area contributed by atoms with Crippen molar-refractivity contribution in [3.8, 4) is 6.07 Å². The highest BCUT2D eigenvalue weighted by molar-refractivity contribution is 6.17. The molecule has 0 radical (unpaired) electrons. The molecule has 0 saturated carbocycles. The number of halogens is 1. The van der Waals surface area contributed by atoms with Crippen molar-refractivity contribution in [3.05, 3.63) is 23.4 Å². The summed E-state index contributed by atoms with van der Waals surface area (Å²) in [6.07, 6.45) is 0. The number of pyridine rings is 1. The average molecular weight is 168 g/mol. The Kier molecular flexibility index (Phi) is 2.29. The van der Waals surface area contributed by atoms with Crippen molar-refractivity contribution >= 4 is 17.4 Å². The van der Waals surface area contributed by atoms with Crippen molar-refractivity contribution in [2.24, 2.45) is 0 Å². The zero-order valence-electron chi connectivity index (χ0n) is 5.71. The lowest BCUT2D eigenvalue weighted by atomic mass is 10.2. The maximum Gasteiger partial charge on any atom is 0.143 e. The molecule has 4 heteroatoms. The first-order chi connectivity index (χ1) is 5.26. The van der Waals surface area contributed by atoms with E-state index in [4.69, 9.17) is 22.6 Å². The number of hydrogen-bond donors (Lipinski definition) is 1. The molecule has 0 bridgehead atoms. The van der Waals surface area contributed by atoms with E-state index < -0.39 is 0 Å². The van der Waals surface area contributed by atoms with Gasteiger partial charge < -0.3 is 5.73 Å². The normalized spacial score (nSPS) is 9.09. The summed E-state index contributed by atoms with van der Waals surface area (Å²) in [5.41, 5.74) is 6.51. The predicted molar refractivity (Wildman–Crippen MR) is 42.9 cm³/mol. The largest absolute Gasteiger partial charge is 0.384 e. The topological polar surface area (TPSA) is 62.7 Å². The summed E-state index contributed by atoms with van der Waals surface area (Å²) >= 11 is 5.54. The smallest absolute Gasteiger partial charge is 0.143 e. The van der Waals surface area contributed by atoms with Gasteiger partial charge in [-0.25, -0.2) is 4.98 Å². The molecule has 0 amide bonds. The Bertz CT molecular complexity index is 303. The van der Waals surface area contributed by atoms with E-state index >= 15 is 0 Å². The van der Waals surface area contributed by atoms with Gasteiger partial charge in [-0.2, -0.15) is 5.26 Å². The molecule has 3 nitrogen and oxygen atoms in total. The minimum atomic E-state index is 0.306. The highest BCUT2D eigenvalue weighted by Crippen LogP contribution is 2.08. The number of nitriles is 1. The first-order valence-electron chi connectivity index (χ1n) is 2.99. The number of aromatic nitrogens is 1. The fraction of sp³-hybridized carbons (Fsp3) is 0.143. The van der Waals surface area contributed by atoms with Crippen LogP contribution in [-0.4, -0.2) is 4.98 Å². The van der Waals surface area contributed by atoms with Gasteiger partial charge in [0, 0.05) is 5.88 Å². The summed E-state index contributed by atoms with van der Waals surface area (Å²) in [5, 5.41) is 8.47. The van der Waals surface area contributed by atoms with Gasteiger partial charge >= 0.3 is 0 Å². The second kappa shape index (κ2) is 3.22. The summed E-state index contributed by atoms with van der Waals surface area (Å²) in [6.45, 7) is 0. The lowest BCUT2D eigenvalue weighted by Crippen LogP contribution is -1.94. The molecule has 0 aliphatic rings. The van der Waals surface area contributed by atoms with E-state index in [-0.39, 0.29) is 0 Å². The van der Waals surface area contributed by atoms with Gasteiger partial charge in [-0.05, 0) is 17.7 Å². The quantitative estimate of drug-likeness (QED) is 0.641. The van der Waals surface area contributed by atoms with Crippen molar-refractivity contribution in [3.63, 3.8) is 0 Å². The van der Waals surface area contributed by atoms with Gasteiger partial charge in [-0.1, -0.05) is 0 Å². The third-order valence-corrected chi connectivity index (χ3v) is 1.48. The first-order valence-corrected chi connectivity index (χ1v) is 3.52. The van der Waals surface area contributed by atoms with Crippen molar-refractivity contribution in [1.29, 1.82) is 5.26 Å². The summed E-state index contributed by atoms with van der Waals surface area (Å²) < 4.78 is 0. The molecule has 2 N–H and O–H groups in total. The van der Waals surface area contributed by atoms with Crippen molar-refractivity contribution in [2.75, 3.05) is 5.73 Å². The van der Waals surface area contributed by atoms with Gasteiger partial charge in [0.15, 0.2) is 0 Å². The fourth-order valence-corrected chi connectivity index (χ4v) is 0.900. The Morgan fingerprint density at radius 3 is 2.91 bits per heavy atom. The standard InChI is InChI=1S/C7H6ClN3/c8-3-5-1-6(4-9)11-7(10)2-5/h1-2H,3H2,(H2,10,11). The summed E-state index contributed by atoms with van der Waals surface area (Å²) in [7, 11) is 0. The maximum atomic E-state index is 8.47. The first kappa shape index (κ1) is 7.83. The van der Waals surface area contributed by atoms with Crippen molar-refractivity contribution in [1.82, 2.24) is 4.98 Å². The molecule has 0 fully saturated rings. The van der Waals surface area contributed by atoms with Gasteiger partial charge in [0.2, 0.25) is 0 Å². The zero-order chi connectivity index (χ0) is 8.27. The molecule has 11 heavy (non-hydrogen) atoms. The Morgan fingerprint density at radius 2 is 2.36 bits per heavy atom. The summed E-state index contributed by atoms with van der Waals surface area (Å²) in [5.74, 6) is 0.682.